The molecule has 1 atom stereocenters. The van der Waals surface area contributed by atoms with E-state index in [1.54, 1.807) is 0 Å². The van der Waals surface area contributed by atoms with Crippen LogP contribution in [0.4, 0.5) is 0 Å². The van der Waals surface area contributed by atoms with Gasteiger partial charge in [0, 0.05) is 19.3 Å². The molecule has 6 heteroatoms. The predicted molar refractivity (Wildman–Crippen MR) is 274 cm³/mol. The zero-order chi connectivity index (χ0) is 46.5. The number of hydrogen-bond donors (Lipinski definition) is 0. The van der Waals surface area contributed by atoms with E-state index in [1.165, 1.54) is 64.2 Å². The molecule has 6 nitrogen and oxygen atoms in total. The summed E-state index contributed by atoms with van der Waals surface area (Å²) in [5, 5.41) is 0. The second kappa shape index (κ2) is 51.7. The summed E-state index contributed by atoms with van der Waals surface area (Å²) in [5.41, 5.74) is 0. The summed E-state index contributed by atoms with van der Waals surface area (Å²) in [5.74, 6) is -0.984. The minimum atomic E-state index is -0.811. The quantitative estimate of drug-likeness (QED) is 0.0262. The molecule has 0 aliphatic heterocycles. The third kappa shape index (κ3) is 49.1. The summed E-state index contributed by atoms with van der Waals surface area (Å²) in [4.78, 5) is 38.0. The van der Waals surface area contributed by atoms with E-state index in [9.17, 15) is 14.4 Å². The van der Waals surface area contributed by atoms with E-state index < -0.39 is 6.10 Å². The lowest BCUT2D eigenvalue weighted by Gasteiger charge is -2.18. The van der Waals surface area contributed by atoms with Gasteiger partial charge >= 0.3 is 17.9 Å². The SMILES string of the molecule is CC/C=C/C=C/C=C/C=C/CCCCCC(=O)OCC(COC(=O)CCCCCCC/C=C/C=C/C=C/CCCCCCC)OC(=O)CCCCCCCC/C=C/C=C/CCCCC. The van der Waals surface area contributed by atoms with Crippen LogP contribution in [0.1, 0.15) is 220 Å². The Bertz CT molecular complexity index is 1340. The number of carbonyl (C=O) groups excluding carboxylic acids is 3. The second-order valence-electron chi connectivity index (χ2n) is 16.9. The van der Waals surface area contributed by atoms with Gasteiger partial charge in [-0.15, -0.1) is 0 Å². The summed E-state index contributed by atoms with van der Waals surface area (Å²) < 4.78 is 16.7. The van der Waals surface area contributed by atoms with Gasteiger partial charge in [-0.1, -0.05) is 220 Å². The average molecular weight is 887 g/mol. The van der Waals surface area contributed by atoms with Crippen LogP contribution >= 0.6 is 0 Å². The zero-order valence-electron chi connectivity index (χ0n) is 41.3. The maximum Gasteiger partial charge on any atom is 0.306 e. The van der Waals surface area contributed by atoms with E-state index in [0.29, 0.717) is 19.3 Å². The summed E-state index contributed by atoms with van der Waals surface area (Å²) in [7, 11) is 0. The Balaban J connectivity index is 4.51. The molecule has 0 heterocycles. The molecule has 0 radical (unpaired) electrons. The highest BCUT2D eigenvalue weighted by Crippen LogP contribution is 2.13. The first kappa shape index (κ1) is 60.1. The molecule has 0 amide bonds. The Kier molecular flexibility index (Phi) is 48.5. The summed E-state index contributed by atoms with van der Waals surface area (Å²) >= 11 is 0. The van der Waals surface area contributed by atoms with E-state index in [1.807, 2.05) is 36.5 Å². The number of rotatable bonds is 45. The zero-order valence-corrected chi connectivity index (χ0v) is 41.3. The molecule has 64 heavy (non-hydrogen) atoms. The van der Waals surface area contributed by atoms with E-state index in [2.05, 4.69) is 93.7 Å². The Labute approximate surface area is 393 Å². The van der Waals surface area contributed by atoms with Crippen molar-refractivity contribution in [3.8, 4) is 0 Å². The largest absolute Gasteiger partial charge is 0.462 e. The van der Waals surface area contributed by atoms with Crippen molar-refractivity contribution in [1.82, 2.24) is 0 Å². The molecule has 0 aliphatic carbocycles. The van der Waals surface area contributed by atoms with Crippen LogP contribution in [0.15, 0.2) is 109 Å². The summed E-state index contributed by atoms with van der Waals surface area (Å²) in [6.45, 7) is 6.37. The first-order valence-corrected chi connectivity index (χ1v) is 26.0. The normalized spacial score (nSPS) is 13.0. The third-order valence-electron chi connectivity index (χ3n) is 10.7. The molecular weight excluding hydrogens is 793 g/mol. The van der Waals surface area contributed by atoms with Gasteiger partial charge in [-0.05, 0) is 89.9 Å². The summed E-state index contributed by atoms with van der Waals surface area (Å²) in [6, 6.07) is 0. The molecule has 0 saturated heterocycles. The first-order valence-electron chi connectivity index (χ1n) is 26.0. The average Bonchev–Trinajstić information content (AvgIpc) is 3.29. The maximum atomic E-state index is 12.8. The standard InChI is InChI=1S/C58H94O6/c1-4-7-10-13-16-19-22-25-27-28-29-31-33-36-39-42-45-48-51-57(60)63-54-55(53-62-56(59)50-47-44-41-38-35-32-24-21-18-15-12-9-6-3)64-58(61)52-49-46-43-40-37-34-30-26-23-20-17-14-11-8-5-2/h9,12,15,17-18,20-29,31-32,35,55H,4-8,10-11,13-14,16,19,30,33-34,36-54H2,1-3H3/b12-9+,18-15+,20-17+,24-21+,25-22+,26-23+,28-27+,31-29+,35-32+. The number of ether oxygens (including phenoxy) is 3. The van der Waals surface area contributed by atoms with Crippen LogP contribution in [0, 0.1) is 0 Å². The molecule has 0 bridgehead atoms. The van der Waals surface area contributed by atoms with E-state index in [4.69, 9.17) is 14.2 Å². The topological polar surface area (TPSA) is 78.9 Å². The van der Waals surface area contributed by atoms with Crippen molar-refractivity contribution in [2.75, 3.05) is 13.2 Å². The molecule has 0 aliphatic rings. The van der Waals surface area contributed by atoms with E-state index in [-0.39, 0.29) is 31.1 Å². The van der Waals surface area contributed by atoms with Crippen molar-refractivity contribution in [3.63, 3.8) is 0 Å². The van der Waals surface area contributed by atoms with Crippen LogP contribution in [-0.4, -0.2) is 37.2 Å². The molecule has 0 fully saturated rings. The molecule has 0 saturated carbocycles. The highest BCUT2D eigenvalue weighted by molar-refractivity contribution is 5.71. The number of allylic oxidation sites excluding steroid dienone is 18. The molecule has 1 unspecified atom stereocenters. The van der Waals surface area contributed by atoms with Crippen molar-refractivity contribution in [2.24, 2.45) is 0 Å². The number of hydrogen-bond acceptors (Lipinski definition) is 6. The highest BCUT2D eigenvalue weighted by Gasteiger charge is 2.19. The van der Waals surface area contributed by atoms with Gasteiger partial charge in [0.15, 0.2) is 6.10 Å². The van der Waals surface area contributed by atoms with E-state index >= 15 is 0 Å². The van der Waals surface area contributed by atoms with E-state index in [0.717, 1.165) is 116 Å². The van der Waals surface area contributed by atoms with Crippen LogP contribution in [0.3, 0.4) is 0 Å². The fraction of sp³-hybridized carbons (Fsp3) is 0.638. The fourth-order valence-corrected chi connectivity index (χ4v) is 6.74. The molecule has 362 valence electrons. The first-order chi connectivity index (χ1) is 31.5. The van der Waals surface area contributed by atoms with Gasteiger partial charge in [0.05, 0.1) is 0 Å². The van der Waals surface area contributed by atoms with Crippen LogP contribution < -0.4 is 0 Å². The lowest BCUT2D eigenvalue weighted by Crippen LogP contribution is -2.30. The van der Waals surface area contributed by atoms with Crippen molar-refractivity contribution < 1.29 is 28.6 Å². The van der Waals surface area contributed by atoms with Crippen LogP contribution in [-0.2, 0) is 28.6 Å². The Morgan fingerprint density at radius 3 is 1.02 bits per heavy atom. The molecule has 0 aromatic rings. The Morgan fingerprint density at radius 2 is 0.609 bits per heavy atom. The van der Waals surface area contributed by atoms with Crippen molar-refractivity contribution >= 4 is 17.9 Å². The monoisotopic (exact) mass is 887 g/mol. The minimum Gasteiger partial charge on any atom is -0.462 e. The lowest BCUT2D eigenvalue weighted by atomic mass is 10.1. The van der Waals surface area contributed by atoms with Crippen molar-refractivity contribution in [2.45, 2.75) is 226 Å². The smallest absolute Gasteiger partial charge is 0.306 e. The van der Waals surface area contributed by atoms with Crippen LogP contribution in [0.25, 0.3) is 0 Å². The van der Waals surface area contributed by atoms with Gasteiger partial charge in [-0.3, -0.25) is 14.4 Å². The molecule has 0 aromatic carbocycles. The number of carbonyl (C=O) groups is 3. The van der Waals surface area contributed by atoms with Gasteiger partial charge in [-0.2, -0.15) is 0 Å². The van der Waals surface area contributed by atoms with Gasteiger partial charge < -0.3 is 14.2 Å². The molecule has 0 aromatic heterocycles. The second-order valence-corrected chi connectivity index (χ2v) is 16.9. The highest BCUT2D eigenvalue weighted by atomic mass is 16.6. The Morgan fingerprint density at radius 1 is 0.328 bits per heavy atom. The number of esters is 3. The van der Waals surface area contributed by atoms with Crippen molar-refractivity contribution in [3.05, 3.63) is 109 Å². The van der Waals surface area contributed by atoms with Gasteiger partial charge in [0.1, 0.15) is 13.2 Å². The van der Waals surface area contributed by atoms with Gasteiger partial charge in [0.25, 0.3) is 0 Å². The van der Waals surface area contributed by atoms with Crippen LogP contribution in [0.2, 0.25) is 0 Å². The molecule has 0 N–H and O–H groups in total. The van der Waals surface area contributed by atoms with Crippen molar-refractivity contribution in [1.29, 1.82) is 0 Å². The maximum absolute atomic E-state index is 12.8. The molecule has 0 spiro atoms. The molecular formula is C58H94O6. The predicted octanol–water partition coefficient (Wildman–Crippen LogP) is 17.1. The Hall–Kier alpha value is -3.93. The van der Waals surface area contributed by atoms with Crippen LogP contribution in [0.5, 0.6) is 0 Å². The lowest BCUT2D eigenvalue weighted by molar-refractivity contribution is -0.167. The van der Waals surface area contributed by atoms with Gasteiger partial charge in [0.2, 0.25) is 0 Å². The van der Waals surface area contributed by atoms with Gasteiger partial charge in [-0.25, -0.2) is 0 Å². The summed E-state index contributed by atoms with van der Waals surface area (Å²) in [6.07, 6.45) is 69.2. The molecule has 0 rings (SSSR count). The fourth-order valence-electron chi connectivity index (χ4n) is 6.74. The number of unbranched alkanes of at least 4 members (excludes halogenated alkanes) is 22. The minimum absolute atomic E-state index is 0.109. The third-order valence-corrected chi connectivity index (χ3v) is 10.7.